The van der Waals surface area contributed by atoms with E-state index < -0.39 is 0 Å². The highest BCUT2D eigenvalue weighted by Crippen LogP contribution is 1.91. The summed E-state index contributed by atoms with van der Waals surface area (Å²) in [6.07, 6.45) is 6.89. The quantitative estimate of drug-likeness (QED) is 0.304. The highest BCUT2D eigenvalue weighted by molar-refractivity contribution is 14.0. The molecule has 0 aliphatic carbocycles. The van der Waals surface area contributed by atoms with Gasteiger partial charge in [-0.3, -0.25) is 9.67 Å². The molecule has 0 radical (unpaired) electrons. The lowest BCUT2D eigenvalue weighted by molar-refractivity contribution is 0.584. The van der Waals surface area contributed by atoms with Crippen LogP contribution in [0, 0.1) is 0 Å². The van der Waals surface area contributed by atoms with Crippen LogP contribution in [0.15, 0.2) is 23.5 Å². The smallest absolute Gasteiger partial charge is 0.191 e. The Morgan fingerprint density at radius 1 is 1.42 bits per heavy atom. The van der Waals surface area contributed by atoms with E-state index >= 15 is 0 Å². The zero-order chi connectivity index (χ0) is 13.1. The average Bonchev–Trinajstić information content (AvgIpc) is 2.88. The van der Waals surface area contributed by atoms with Crippen molar-refractivity contribution in [3.05, 3.63) is 18.5 Å². The largest absolute Gasteiger partial charge is 0.357 e. The highest BCUT2D eigenvalue weighted by Gasteiger charge is 1.96. The van der Waals surface area contributed by atoms with E-state index in [0.717, 1.165) is 44.3 Å². The van der Waals surface area contributed by atoms with E-state index in [1.54, 1.807) is 6.20 Å². The van der Waals surface area contributed by atoms with E-state index in [4.69, 9.17) is 0 Å². The molecule has 0 aliphatic rings. The Bertz CT molecular complexity index is 329. The van der Waals surface area contributed by atoms with E-state index in [0.29, 0.717) is 0 Å². The van der Waals surface area contributed by atoms with Crippen LogP contribution in [0.4, 0.5) is 0 Å². The molecule has 2 N–H and O–H groups in total. The minimum Gasteiger partial charge on any atom is -0.357 e. The number of aliphatic imine (C=N–C) groups is 1. The van der Waals surface area contributed by atoms with Gasteiger partial charge in [0.1, 0.15) is 0 Å². The van der Waals surface area contributed by atoms with Gasteiger partial charge in [0.2, 0.25) is 0 Å². The number of rotatable bonds is 8. The number of aromatic nitrogens is 2. The van der Waals surface area contributed by atoms with Gasteiger partial charge in [-0.2, -0.15) is 16.9 Å². The normalized spacial score (nSPS) is 10.9. The molecule has 0 amide bonds. The van der Waals surface area contributed by atoms with Gasteiger partial charge in [-0.05, 0) is 25.7 Å². The number of nitrogens with one attached hydrogen (secondary N) is 2. The zero-order valence-corrected chi connectivity index (χ0v) is 14.8. The first-order valence-electron chi connectivity index (χ1n) is 6.35. The fraction of sp³-hybridized carbons (Fsp3) is 0.667. The molecule has 1 aromatic heterocycles. The number of hydrogen-bond acceptors (Lipinski definition) is 3. The second-order valence-corrected chi connectivity index (χ2v) is 4.79. The molecule has 110 valence electrons. The van der Waals surface area contributed by atoms with Crippen molar-refractivity contribution in [3.63, 3.8) is 0 Å². The second-order valence-electron chi connectivity index (χ2n) is 3.80. The van der Waals surface area contributed by atoms with Gasteiger partial charge in [0.15, 0.2) is 5.96 Å². The average molecular weight is 397 g/mol. The summed E-state index contributed by atoms with van der Waals surface area (Å²) < 4.78 is 1.93. The van der Waals surface area contributed by atoms with Gasteiger partial charge in [-0.1, -0.05) is 0 Å². The van der Waals surface area contributed by atoms with Crippen molar-refractivity contribution < 1.29 is 0 Å². The van der Waals surface area contributed by atoms with Crippen LogP contribution >= 0.6 is 35.7 Å². The van der Waals surface area contributed by atoms with Crippen molar-refractivity contribution in [1.82, 2.24) is 20.4 Å². The molecular weight excluding hydrogens is 373 g/mol. The van der Waals surface area contributed by atoms with Crippen LogP contribution in [0.2, 0.25) is 0 Å². The molecule has 1 rings (SSSR count). The van der Waals surface area contributed by atoms with Crippen molar-refractivity contribution in [2.45, 2.75) is 19.9 Å². The fourth-order valence-electron chi connectivity index (χ4n) is 1.47. The summed E-state index contributed by atoms with van der Waals surface area (Å²) in [4.78, 5) is 4.53. The topological polar surface area (TPSA) is 54.2 Å². The number of aryl methyl sites for hydroxylation is 1. The van der Waals surface area contributed by atoms with E-state index in [1.165, 1.54) is 0 Å². The summed E-state index contributed by atoms with van der Waals surface area (Å²) >= 11 is 1.83. The Morgan fingerprint density at radius 2 is 2.26 bits per heavy atom. The third-order valence-electron chi connectivity index (χ3n) is 2.32. The predicted octanol–water partition coefficient (Wildman–Crippen LogP) is 1.81. The molecule has 19 heavy (non-hydrogen) atoms. The second kappa shape index (κ2) is 12.6. The predicted molar refractivity (Wildman–Crippen MR) is 94.6 cm³/mol. The van der Waals surface area contributed by atoms with Crippen LogP contribution in [0.3, 0.4) is 0 Å². The number of thioether (sulfide) groups is 1. The van der Waals surface area contributed by atoms with Crippen LogP contribution in [0.1, 0.15) is 13.3 Å². The number of halogens is 1. The van der Waals surface area contributed by atoms with Gasteiger partial charge in [-0.25, -0.2) is 0 Å². The maximum Gasteiger partial charge on any atom is 0.191 e. The van der Waals surface area contributed by atoms with Crippen LogP contribution in [-0.2, 0) is 6.54 Å². The molecule has 0 bridgehead atoms. The molecule has 0 aliphatic heterocycles. The minimum atomic E-state index is 0. The molecule has 0 atom stereocenters. The molecule has 0 fully saturated rings. The van der Waals surface area contributed by atoms with Gasteiger partial charge >= 0.3 is 0 Å². The Labute approximate surface area is 137 Å². The zero-order valence-electron chi connectivity index (χ0n) is 11.6. The van der Waals surface area contributed by atoms with Crippen LogP contribution < -0.4 is 10.6 Å². The third-order valence-corrected chi connectivity index (χ3v) is 2.93. The van der Waals surface area contributed by atoms with E-state index in [9.17, 15) is 0 Å². The van der Waals surface area contributed by atoms with Crippen molar-refractivity contribution in [1.29, 1.82) is 0 Å². The summed E-state index contributed by atoms with van der Waals surface area (Å²) in [7, 11) is 0. The lowest BCUT2D eigenvalue weighted by Gasteiger charge is -2.10. The Hall–Kier alpha value is -0.440. The molecule has 0 unspecified atom stereocenters. The first kappa shape index (κ1) is 18.6. The third kappa shape index (κ3) is 9.15. The number of nitrogens with zero attached hydrogens (tertiary/aromatic N) is 3. The SMILES string of the molecule is CCNC(=NCCCn1cccn1)NCCSC.I. The molecule has 0 spiro atoms. The van der Waals surface area contributed by atoms with Crippen LogP contribution in [-0.4, -0.2) is 47.4 Å². The van der Waals surface area contributed by atoms with Crippen molar-refractivity contribution in [2.24, 2.45) is 4.99 Å². The van der Waals surface area contributed by atoms with Crippen LogP contribution in [0.5, 0.6) is 0 Å². The lowest BCUT2D eigenvalue weighted by atomic mass is 10.4. The van der Waals surface area contributed by atoms with Crippen molar-refractivity contribution >= 4 is 41.7 Å². The van der Waals surface area contributed by atoms with Gasteiger partial charge < -0.3 is 10.6 Å². The minimum absolute atomic E-state index is 0. The molecule has 1 heterocycles. The van der Waals surface area contributed by atoms with Crippen LogP contribution in [0.25, 0.3) is 0 Å². The lowest BCUT2D eigenvalue weighted by Crippen LogP contribution is -2.38. The number of guanidine groups is 1. The van der Waals surface area contributed by atoms with Gasteiger partial charge in [0.05, 0.1) is 0 Å². The number of hydrogen-bond donors (Lipinski definition) is 2. The summed E-state index contributed by atoms with van der Waals surface area (Å²) in [5, 5.41) is 10.7. The fourth-order valence-corrected chi connectivity index (χ4v) is 1.78. The summed E-state index contributed by atoms with van der Waals surface area (Å²) in [6.45, 7) is 5.65. The Kier molecular flexibility index (Phi) is 12.3. The molecule has 7 heteroatoms. The van der Waals surface area contributed by atoms with Crippen molar-refractivity contribution in [2.75, 3.05) is 31.6 Å². The molecule has 0 saturated carbocycles. The molecule has 5 nitrogen and oxygen atoms in total. The first-order valence-corrected chi connectivity index (χ1v) is 7.74. The summed E-state index contributed by atoms with van der Waals surface area (Å²) in [5.41, 5.74) is 0. The van der Waals surface area contributed by atoms with E-state index in [2.05, 4.69) is 33.9 Å². The summed E-state index contributed by atoms with van der Waals surface area (Å²) in [6, 6.07) is 1.94. The maximum absolute atomic E-state index is 4.53. The molecule has 1 aromatic rings. The monoisotopic (exact) mass is 397 g/mol. The van der Waals surface area contributed by atoms with Crippen molar-refractivity contribution in [3.8, 4) is 0 Å². The van der Waals surface area contributed by atoms with Gasteiger partial charge in [-0.15, -0.1) is 24.0 Å². The standard InChI is InChI=1S/C12H23N5S.HI/c1-3-13-12(15-8-11-18-2)14-6-4-9-17-10-5-7-16-17;/h5,7,10H,3-4,6,8-9,11H2,1-2H3,(H2,13,14,15);1H. The molecular formula is C12H24IN5S. The Balaban J connectivity index is 0.00000324. The summed E-state index contributed by atoms with van der Waals surface area (Å²) in [5.74, 6) is 2.00. The molecule has 0 aromatic carbocycles. The Morgan fingerprint density at radius 3 is 2.89 bits per heavy atom. The van der Waals surface area contributed by atoms with Gasteiger partial charge in [0.25, 0.3) is 0 Å². The first-order chi connectivity index (χ1) is 8.86. The molecule has 0 saturated heterocycles. The van der Waals surface area contributed by atoms with E-state index in [-0.39, 0.29) is 24.0 Å². The highest BCUT2D eigenvalue weighted by atomic mass is 127. The van der Waals surface area contributed by atoms with Gasteiger partial charge in [0, 0.05) is 44.3 Å². The van der Waals surface area contributed by atoms with E-state index in [1.807, 2.05) is 28.7 Å². The maximum atomic E-state index is 4.53.